The molecule has 2 rings (SSSR count). The summed E-state index contributed by atoms with van der Waals surface area (Å²) < 4.78 is 54.1. The van der Waals surface area contributed by atoms with Crippen LogP contribution in [0.25, 0.3) is 0 Å². The van der Waals surface area contributed by atoms with Gasteiger partial charge in [0.25, 0.3) is 0 Å². The lowest BCUT2D eigenvalue weighted by molar-refractivity contribution is -0.357. The van der Waals surface area contributed by atoms with Crippen LogP contribution < -0.4 is 0 Å². The van der Waals surface area contributed by atoms with E-state index in [1.54, 1.807) is 0 Å². The van der Waals surface area contributed by atoms with E-state index >= 15 is 0 Å². The van der Waals surface area contributed by atoms with Gasteiger partial charge in [0.15, 0.2) is 43.1 Å². The lowest BCUT2D eigenvalue weighted by atomic mass is 9.96. The SMILES string of the molecule is CC(=O)OCC1O[C@H](O)C(OC(C)=O)[C@@H](OC(C)=O)[C@@H]1O[C@@H]1OC(COC(C)=O)[C@H](OC(C)=O)[C@H](OC(C)=O)C1OC(C)=O. The Balaban J connectivity index is 2.66. The van der Waals surface area contributed by atoms with Crippen molar-refractivity contribution in [2.75, 3.05) is 13.2 Å². The Morgan fingerprint density at radius 1 is 0.477 bits per heavy atom. The summed E-state index contributed by atoms with van der Waals surface area (Å²) >= 11 is 0. The van der Waals surface area contributed by atoms with E-state index in [-0.39, 0.29) is 0 Å². The predicted octanol–water partition coefficient (Wildman–Crippen LogP) is -1.40. The molecule has 2 heterocycles. The molecular weight excluding hydrogens is 600 g/mol. The molecule has 0 aromatic heterocycles. The van der Waals surface area contributed by atoms with Gasteiger partial charge in [-0.25, -0.2) is 0 Å². The second-order valence-corrected chi connectivity index (χ2v) is 9.68. The molecule has 2 saturated heterocycles. The molecule has 248 valence electrons. The van der Waals surface area contributed by atoms with E-state index in [4.69, 9.17) is 47.4 Å². The number of rotatable bonds is 11. The van der Waals surface area contributed by atoms with Gasteiger partial charge in [0.2, 0.25) is 0 Å². The number of carbonyl (C=O) groups excluding carboxylic acids is 7. The molecule has 0 radical (unpaired) electrons. The molecule has 1 N–H and O–H groups in total. The van der Waals surface area contributed by atoms with E-state index in [0.29, 0.717) is 0 Å². The average Bonchev–Trinajstić information content (AvgIpc) is 2.87. The van der Waals surface area contributed by atoms with Crippen molar-refractivity contribution in [2.45, 2.75) is 110 Å². The van der Waals surface area contributed by atoms with Crippen LogP contribution in [-0.4, -0.2) is 122 Å². The first-order valence-corrected chi connectivity index (χ1v) is 13.3. The highest BCUT2D eigenvalue weighted by Gasteiger charge is 2.57. The molecular formula is C26H36O18. The molecule has 0 aromatic carbocycles. The number of aliphatic hydroxyl groups excluding tert-OH is 1. The fraction of sp³-hybridized carbons (Fsp3) is 0.731. The summed E-state index contributed by atoms with van der Waals surface area (Å²) in [6.45, 7) is 6.11. The van der Waals surface area contributed by atoms with Crippen LogP contribution in [-0.2, 0) is 80.9 Å². The lowest BCUT2D eigenvalue weighted by Crippen LogP contribution is -2.67. The highest BCUT2D eigenvalue weighted by Crippen LogP contribution is 2.34. The molecule has 4 unspecified atom stereocenters. The Kier molecular flexibility index (Phi) is 13.4. The van der Waals surface area contributed by atoms with Crippen LogP contribution in [0.3, 0.4) is 0 Å². The van der Waals surface area contributed by atoms with Crippen molar-refractivity contribution in [3.05, 3.63) is 0 Å². The van der Waals surface area contributed by atoms with Crippen molar-refractivity contribution in [1.82, 2.24) is 0 Å². The molecule has 0 aromatic rings. The average molecular weight is 637 g/mol. The summed E-state index contributed by atoms with van der Waals surface area (Å²) in [7, 11) is 0. The van der Waals surface area contributed by atoms with E-state index in [2.05, 4.69) is 0 Å². The van der Waals surface area contributed by atoms with Gasteiger partial charge in [0.05, 0.1) is 0 Å². The fourth-order valence-electron chi connectivity index (χ4n) is 4.49. The zero-order valence-corrected chi connectivity index (χ0v) is 25.1. The summed E-state index contributed by atoms with van der Waals surface area (Å²) in [5.74, 6) is -6.03. The molecule has 10 atom stereocenters. The van der Waals surface area contributed by atoms with Crippen molar-refractivity contribution in [1.29, 1.82) is 0 Å². The maximum absolute atomic E-state index is 12.2. The molecule has 0 bridgehead atoms. The van der Waals surface area contributed by atoms with Crippen LogP contribution in [0.15, 0.2) is 0 Å². The van der Waals surface area contributed by atoms with Crippen LogP contribution in [0.5, 0.6) is 0 Å². The Labute approximate surface area is 251 Å². The van der Waals surface area contributed by atoms with Gasteiger partial charge in [-0.1, -0.05) is 0 Å². The third-order valence-corrected chi connectivity index (χ3v) is 5.90. The molecule has 0 spiro atoms. The van der Waals surface area contributed by atoms with Crippen molar-refractivity contribution in [2.24, 2.45) is 0 Å². The van der Waals surface area contributed by atoms with Crippen molar-refractivity contribution >= 4 is 41.8 Å². The third kappa shape index (κ3) is 10.7. The lowest BCUT2D eigenvalue weighted by Gasteiger charge is -2.48. The van der Waals surface area contributed by atoms with Crippen LogP contribution in [0.4, 0.5) is 0 Å². The van der Waals surface area contributed by atoms with Gasteiger partial charge in [0.1, 0.15) is 31.5 Å². The minimum atomic E-state index is -1.90. The first kappa shape index (κ1) is 36.3. The van der Waals surface area contributed by atoms with Crippen molar-refractivity contribution in [3.8, 4) is 0 Å². The number of ether oxygens (including phenoxy) is 10. The zero-order valence-electron chi connectivity index (χ0n) is 25.1. The maximum Gasteiger partial charge on any atom is 0.303 e. The normalized spacial score (nSPS) is 31.5. The number of esters is 7. The monoisotopic (exact) mass is 636 g/mol. The molecule has 0 aliphatic carbocycles. The largest absolute Gasteiger partial charge is 0.463 e. The molecule has 2 aliphatic rings. The Bertz CT molecular complexity index is 1090. The summed E-state index contributed by atoms with van der Waals surface area (Å²) in [6, 6.07) is 0. The van der Waals surface area contributed by atoms with E-state index in [1.807, 2.05) is 0 Å². The van der Waals surface area contributed by atoms with Gasteiger partial charge in [-0.3, -0.25) is 33.6 Å². The number of hydrogen-bond acceptors (Lipinski definition) is 18. The number of hydrogen-bond donors (Lipinski definition) is 1. The Morgan fingerprint density at radius 2 is 0.841 bits per heavy atom. The first-order valence-electron chi connectivity index (χ1n) is 13.3. The van der Waals surface area contributed by atoms with Gasteiger partial charge < -0.3 is 52.5 Å². The van der Waals surface area contributed by atoms with E-state index in [9.17, 15) is 38.7 Å². The van der Waals surface area contributed by atoms with Gasteiger partial charge in [-0.05, 0) is 0 Å². The fourth-order valence-corrected chi connectivity index (χ4v) is 4.49. The van der Waals surface area contributed by atoms with Gasteiger partial charge in [0, 0.05) is 48.5 Å². The molecule has 0 amide bonds. The Morgan fingerprint density at radius 3 is 1.27 bits per heavy atom. The zero-order chi connectivity index (χ0) is 33.3. The summed E-state index contributed by atoms with van der Waals surface area (Å²) in [5.41, 5.74) is 0. The predicted molar refractivity (Wildman–Crippen MR) is 135 cm³/mol. The molecule has 18 heteroatoms. The van der Waals surface area contributed by atoms with Gasteiger partial charge in [-0.15, -0.1) is 0 Å². The molecule has 44 heavy (non-hydrogen) atoms. The quantitative estimate of drug-likeness (QED) is 0.203. The number of aliphatic hydroxyl groups is 1. The molecule has 2 aliphatic heterocycles. The van der Waals surface area contributed by atoms with Crippen LogP contribution in [0.2, 0.25) is 0 Å². The van der Waals surface area contributed by atoms with E-state index < -0.39 is 116 Å². The standard InChI is InChI=1S/C26H36O18/c1-10(27)35-8-17-20(21(38-13(4)30)23(25(34)42-17)40-15(6)32)44-26-24(41-16(7)33)22(39-14(5)31)19(37-12(3)29)18(43-26)9-36-11(2)28/h17-26,34H,8-9H2,1-7H3/t17?,18?,19-,20+,21-,22-,23?,24?,25-,26-/m0/s1. The third-order valence-electron chi connectivity index (χ3n) is 5.90. The molecule has 0 saturated carbocycles. The van der Waals surface area contributed by atoms with E-state index in [0.717, 1.165) is 48.5 Å². The van der Waals surface area contributed by atoms with Gasteiger partial charge in [-0.2, -0.15) is 0 Å². The van der Waals surface area contributed by atoms with E-state index in [1.165, 1.54) is 0 Å². The minimum absolute atomic E-state index is 0.572. The first-order chi connectivity index (χ1) is 20.5. The minimum Gasteiger partial charge on any atom is -0.463 e. The highest BCUT2D eigenvalue weighted by molar-refractivity contribution is 5.69. The van der Waals surface area contributed by atoms with Crippen molar-refractivity contribution < 1.29 is 86.0 Å². The van der Waals surface area contributed by atoms with Gasteiger partial charge >= 0.3 is 41.8 Å². The second kappa shape index (κ2) is 16.3. The van der Waals surface area contributed by atoms with Crippen LogP contribution in [0, 0.1) is 0 Å². The summed E-state index contributed by atoms with van der Waals surface area (Å²) in [6.07, 6.45) is -16.3. The smallest absolute Gasteiger partial charge is 0.303 e. The molecule has 18 nitrogen and oxygen atoms in total. The Hall–Kier alpha value is -3.87. The summed E-state index contributed by atoms with van der Waals surface area (Å²) in [5, 5.41) is 10.6. The number of carbonyl (C=O) groups is 7. The topological polar surface area (TPSA) is 232 Å². The summed E-state index contributed by atoms with van der Waals surface area (Å²) in [4.78, 5) is 83.5. The van der Waals surface area contributed by atoms with Crippen molar-refractivity contribution in [3.63, 3.8) is 0 Å². The maximum atomic E-state index is 12.2. The second-order valence-electron chi connectivity index (χ2n) is 9.68. The van der Waals surface area contributed by atoms with Crippen LogP contribution in [0.1, 0.15) is 48.5 Å². The van der Waals surface area contributed by atoms with Crippen LogP contribution >= 0.6 is 0 Å². The highest BCUT2D eigenvalue weighted by atomic mass is 16.8. The molecule has 2 fully saturated rings.